The molecule has 18 rings (SSSR count). The maximum absolute atomic E-state index is 14.3. The van der Waals surface area contributed by atoms with Crippen molar-refractivity contribution < 1.29 is 44.8 Å². The molecule has 28 nitrogen and oxygen atoms in total. The minimum atomic E-state index is -2.82. The van der Waals surface area contributed by atoms with E-state index in [9.17, 15) is 30.6 Å². The maximum atomic E-state index is 14.3. The van der Waals surface area contributed by atoms with Gasteiger partial charge in [-0.25, -0.2) is 45.6 Å². The predicted octanol–water partition coefficient (Wildman–Crippen LogP) is 16.2. The van der Waals surface area contributed by atoms with E-state index in [-0.39, 0.29) is 32.7 Å². The fraction of sp³-hybridized carbons (Fsp3) is 0.484. The lowest BCUT2D eigenvalue weighted by atomic mass is 9.83. The Morgan fingerprint density at radius 3 is 0.992 bits per heavy atom. The van der Waals surface area contributed by atoms with Crippen molar-refractivity contribution >= 4 is 84.4 Å². The van der Waals surface area contributed by atoms with Gasteiger partial charge in [0.2, 0.25) is 53.5 Å². The molecule has 0 saturated carbocycles. The Morgan fingerprint density at radius 2 is 0.692 bits per heavy atom. The number of morpholine rings is 3. The number of nitrogens with zero attached hydrogens (tertiary/aromatic N) is 20. The Morgan fingerprint density at radius 1 is 0.400 bits per heavy atom. The van der Waals surface area contributed by atoms with Crippen LogP contribution in [0.5, 0.6) is 0 Å². The van der Waals surface area contributed by atoms with E-state index >= 15 is 0 Å². The Hall–Kier alpha value is -11.1. The van der Waals surface area contributed by atoms with Crippen LogP contribution in [0.4, 0.5) is 62.0 Å². The third-order valence-electron chi connectivity index (χ3n) is 24.5. The van der Waals surface area contributed by atoms with E-state index in [0.29, 0.717) is 172 Å². The first-order valence-corrected chi connectivity index (χ1v) is 46.4. The number of ether oxygens (including phenoxy) is 3. The Bertz CT molecular complexity index is 5920. The van der Waals surface area contributed by atoms with Crippen molar-refractivity contribution in [3.05, 3.63) is 196 Å². The number of alkyl halides is 6. The number of imidazole rings is 3. The molecule has 12 heterocycles. The second-order valence-corrected chi connectivity index (χ2v) is 38.0. The van der Waals surface area contributed by atoms with Crippen LogP contribution in [0.3, 0.4) is 0 Å². The zero-order chi connectivity index (χ0) is 89.4. The van der Waals surface area contributed by atoms with E-state index < -0.39 is 63.1 Å². The van der Waals surface area contributed by atoms with Gasteiger partial charge in [0.05, 0.1) is 72.7 Å². The quantitative estimate of drug-likeness (QED) is 0.0289. The molecule has 6 aromatic carbocycles. The summed E-state index contributed by atoms with van der Waals surface area (Å²) in [4.78, 5) is 63.5. The van der Waals surface area contributed by atoms with Gasteiger partial charge in [-0.15, -0.1) is 0 Å². The summed E-state index contributed by atoms with van der Waals surface area (Å²) in [5.41, 5.74) is 9.34. The number of hydrogen-bond acceptors (Lipinski definition) is 24. The molecule has 4 N–H and O–H groups in total. The molecule has 0 aliphatic carbocycles. The van der Waals surface area contributed by atoms with E-state index in [1.807, 2.05) is 25.1 Å². The van der Waals surface area contributed by atoms with E-state index in [0.717, 1.165) is 90.8 Å². The molecule has 6 fully saturated rings. The molecule has 6 aliphatic rings. The molecule has 0 radical (unpaired) electrons. The minimum Gasteiger partial charge on any atom is -0.378 e. The second kappa shape index (κ2) is 41.6. The average molecular weight is 1810 g/mol. The highest BCUT2D eigenvalue weighted by Gasteiger charge is 2.35. The fourth-order valence-corrected chi connectivity index (χ4v) is 19.2. The van der Waals surface area contributed by atoms with Crippen molar-refractivity contribution in [2.24, 2.45) is 0 Å². The van der Waals surface area contributed by atoms with Crippen LogP contribution in [-0.4, -0.2) is 240 Å². The largest absolute Gasteiger partial charge is 0.378 e. The normalized spacial score (nSPS) is 17.6. The van der Waals surface area contributed by atoms with Gasteiger partial charge in [0.25, 0.3) is 19.3 Å². The van der Waals surface area contributed by atoms with Crippen molar-refractivity contribution in [1.29, 1.82) is 0 Å². The van der Waals surface area contributed by atoms with Crippen LogP contribution >= 0.6 is 0 Å². The molecule has 0 bridgehead atoms. The van der Waals surface area contributed by atoms with Crippen LogP contribution < -0.4 is 36.0 Å². The van der Waals surface area contributed by atoms with E-state index in [1.165, 1.54) is 47.1 Å². The van der Waals surface area contributed by atoms with E-state index in [1.54, 1.807) is 79.1 Å². The number of nitrogens with one attached hydrogen (secondary N) is 4. The third kappa shape index (κ3) is 22.6. The Labute approximate surface area is 757 Å². The molecule has 6 aromatic heterocycles. The number of anilines is 6. The van der Waals surface area contributed by atoms with Crippen molar-refractivity contribution in [2.75, 3.05) is 162 Å². The first-order valence-electron chi connectivity index (χ1n) is 44.3. The summed E-state index contributed by atoms with van der Waals surface area (Å²) in [6.45, 7) is 28.4. The number of hydrogen-bond donors (Lipinski definition) is 4. The van der Waals surface area contributed by atoms with Gasteiger partial charge < -0.3 is 55.1 Å². The number of likely N-dealkylation sites (tertiary alicyclic amines) is 1. The average Bonchev–Trinajstić information content (AvgIpc) is 1.62. The first-order chi connectivity index (χ1) is 61.7. The van der Waals surface area contributed by atoms with Crippen molar-refractivity contribution in [2.45, 2.75) is 168 Å². The Kier molecular flexibility index (Phi) is 30.4. The molecule has 2 atom stereocenters. The third-order valence-corrected chi connectivity index (χ3v) is 25.9. The van der Waals surface area contributed by atoms with E-state index in [4.69, 9.17) is 39.1 Å². The van der Waals surface area contributed by atoms with Gasteiger partial charge in [0.15, 0.2) is 17.5 Å². The van der Waals surface area contributed by atoms with Gasteiger partial charge >= 0.3 is 0 Å². The molecular weight excluding hydrogens is 1690 g/mol. The summed E-state index contributed by atoms with van der Waals surface area (Å²) < 4.78 is 121. The topological polar surface area (TPSA) is 279 Å². The lowest BCUT2D eigenvalue weighted by molar-refractivity contribution is 0.122. The lowest BCUT2D eigenvalue weighted by Gasteiger charge is -2.34. The summed E-state index contributed by atoms with van der Waals surface area (Å²) in [6.07, 6.45) is 0.703. The highest BCUT2D eigenvalue weighted by Crippen LogP contribution is 2.39. The first kappa shape index (κ1) is 95.0. The highest BCUT2D eigenvalue weighted by molar-refractivity contribution is 7.97. The van der Waals surface area contributed by atoms with Crippen molar-refractivity contribution in [3.8, 4) is 17.8 Å². The van der Waals surface area contributed by atoms with Crippen LogP contribution in [0.2, 0.25) is 0 Å². The monoisotopic (exact) mass is 1810 g/mol. The molecule has 12 aromatic rings. The summed E-state index contributed by atoms with van der Waals surface area (Å²) in [7, 11) is -2.21. The molecule has 6 saturated heterocycles. The van der Waals surface area contributed by atoms with E-state index in [2.05, 4.69) is 182 Å². The van der Waals surface area contributed by atoms with Crippen LogP contribution in [0.15, 0.2) is 146 Å². The SMILES string of the molecule is C.C.C=S(C)(=O)N1CCC(c2ccccc2CC(C)(C)Nc2nc(N3CCOCC3)nc(-n3c(C(F)F)nc4ccccc43)n2)CC1.CC(C)(Cc1ccccc1C1CCNC1)Nc1nc(N2CCOCC2)nc(-n2c(C(F)F)nc3ccccc32)n1.CCN1CCC(c2ccccc2CC(C)(C)Nc2nc(N3CCOCC3)nc(-n3c(C(F)F)nc4ccccc43)n2)CC1. The van der Waals surface area contributed by atoms with Gasteiger partial charge in [-0.05, 0) is 212 Å². The van der Waals surface area contributed by atoms with Gasteiger partial charge in [-0.3, -0.25) is 17.9 Å². The highest BCUT2D eigenvalue weighted by atomic mass is 32.2. The molecule has 0 amide bonds. The molecule has 6 aliphatic heterocycles. The van der Waals surface area contributed by atoms with Gasteiger partial charge in [-0.1, -0.05) is 131 Å². The summed E-state index contributed by atoms with van der Waals surface area (Å²) in [5.74, 6) is 6.53. The van der Waals surface area contributed by atoms with Crippen molar-refractivity contribution in [3.63, 3.8) is 0 Å². The standard InChI is InChI=1S/C32H40F2N8O2S.C32H40F2N8O.C29H34F2N8O.2CH4/c1-32(2,21-23-9-5-6-10-24(23)22-13-15-41(16-14-22)45(3,4)43)39-29-36-30(40-17-19-44-20-18-40)38-31(37-29)42-26-12-8-7-11-25(26)35-28(42)27(33)34;1-4-40-15-13-22(14-16-40)24-10-6-5-9-23(24)21-32(2,3)39-29-36-30(41-17-19-43-20-18-41)38-31(37-29)42-26-12-8-7-11-25(26)35-28(42)27(33)34;1-29(2,17-19-7-3-4-8-21(19)20-11-12-32-18-20)37-26-34-27(38-13-15-40-16-14-38)36-28(35-26)39-23-10-6-5-9-22(23)33-25(39)24(30)31;;/h5-12,22,27H,3,13-21H2,1-2,4H3,(H,36,37,38,39);5-12,22,27H,4,13-21H2,1-3H3,(H,36,37,38,39);3-10,20,24,32H,11-18H2,1-2H3,(H,34,35,36,37);2*1H4. The molecule has 130 heavy (non-hydrogen) atoms. The van der Waals surface area contributed by atoms with Crippen LogP contribution in [-0.2, 0) is 43.2 Å². The molecule has 0 spiro atoms. The molecule has 2 unspecified atom stereocenters. The number of rotatable bonds is 26. The summed E-state index contributed by atoms with van der Waals surface area (Å²) in [6, 6.07) is 46.8. The zero-order valence-corrected chi connectivity index (χ0v) is 74.7. The number of benzene rings is 6. The van der Waals surface area contributed by atoms with Crippen LogP contribution in [0.25, 0.3) is 50.9 Å². The lowest BCUT2D eigenvalue weighted by Crippen LogP contribution is -2.39. The number of halogens is 6. The molecular formula is C95H122F6N24O4S. The Balaban J connectivity index is 0.000000156. The number of para-hydroxylation sites is 6. The molecule has 694 valence electrons. The summed E-state index contributed by atoms with van der Waals surface area (Å²) in [5, 5.41) is 14.0. The van der Waals surface area contributed by atoms with Gasteiger partial charge in [0, 0.05) is 91.5 Å². The van der Waals surface area contributed by atoms with Crippen molar-refractivity contribution in [1.82, 2.24) is 88.0 Å². The smallest absolute Gasteiger partial charge is 0.296 e. The van der Waals surface area contributed by atoms with Gasteiger partial charge in [0.1, 0.15) is 0 Å². The zero-order valence-electron chi connectivity index (χ0n) is 73.9. The van der Waals surface area contributed by atoms with Gasteiger partial charge in [-0.2, -0.15) is 44.9 Å². The second-order valence-electron chi connectivity index (χ2n) is 35.6. The summed E-state index contributed by atoms with van der Waals surface area (Å²) >= 11 is 0. The van der Waals surface area contributed by atoms with Crippen LogP contribution in [0.1, 0.15) is 183 Å². The fourth-order valence-electron chi connectivity index (χ4n) is 18.2. The van der Waals surface area contributed by atoms with Crippen LogP contribution in [0, 0.1) is 0 Å². The molecule has 35 heteroatoms. The predicted molar refractivity (Wildman–Crippen MR) is 503 cm³/mol. The number of fused-ring (bicyclic) bond motifs is 3. The maximum Gasteiger partial charge on any atom is 0.296 e. The number of aromatic nitrogens is 15. The minimum absolute atomic E-state index is 0. The number of piperidine rings is 2.